The quantitative estimate of drug-likeness (QED) is 0.449. The third-order valence-corrected chi connectivity index (χ3v) is 6.85. The first-order valence-corrected chi connectivity index (χ1v) is 12.2. The van der Waals surface area contributed by atoms with Gasteiger partial charge in [-0.1, -0.05) is 45.0 Å². The van der Waals surface area contributed by atoms with Crippen molar-refractivity contribution >= 4 is 29.2 Å². The first kappa shape index (κ1) is 26.6. The molecule has 1 aliphatic rings. The second-order valence-electron chi connectivity index (χ2n) is 9.72. The molecule has 0 radical (unpaired) electrons. The highest BCUT2D eigenvalue weighted by molar-refractivity contribution is 7.13. The molecule has 190 valence electrons. The molecule has 2 aromatic rings. The van der Waals surface area contributed by atoms with Crippen LogP contribution in [0.25, 0.3) is 10.4 Å². The van der Waals surface area contributed by atoms with E-state index in [4.69, 9.17) is 10.5 Å². The molecule has 35 heavy (non-hydrogen) atoms. The number of aromatic nitrogens is 1. The van der Waals surface area contributed by atoms with E-state index in [1.807, 2.05) is 31.2 Å². The Balaban J connectivity index is 1.72. The molecule has 3 rings (SSSR count). The number of aliphatic hydroxyl groups excluding tert-OH is 2. The van der Waals surface area contributed by atoms with Gasteiger partial charge in [-0.25, -0.2) is 9.78 Å². The molecule has 0 aliphatic carbocycles. The zero-order chi connectivity index (χ0) is 25.9. The van der Waals surface area contributed by atoms with Crippen LogP contribution in [0.5, 0.6) is 0 Å². The van der Waals surface area contributed by atoms with E-state index in [1.54, 1.807) is 26.3 Å². The van der Waals surface area contributed by atoms with Crippen LogP contribution in [0.2, 0.25) is 0 Å². The van der Waals surface area contributed by atoms with Crippen molar-refractivity contribution in [3.63, 3.8) is 0 Å². The summed E-state index contributed by atoms with van der Waals surface area (Å²) in [5, 5.41) is 22.6. The molecule has 4 atom stereocenters. The van der Waals surface area contributed by atoms with Crippen LogP contribution in [0, 0.1) is 5.41 Å². The molecule has 0 spiro atoms. The minimum absolute atomic E-state index is 0.0449. The molecule has 1 fully saturated rings. The van der Waals surface area contributed by atoms with Gasteiger partial charge in [-0.15, -0.1) is 11.3 Å². The van der Waals surface area contributed by atoms with Crippen molar-refractivity contribution in [2.24, 2.45) is 11.1 Å². The minimum atomic E-state index is -1.19. The standard InChI is InChI=1S/C24H32N4O6S/c1-13(14-5-7-15(8-6-14)19-17(11-29)26-12-35-19)27-21(31)18-9-16(30)10-28(18)22(32)20(24(2,3)4)34-23(25)33/h5-8,12-13,16,18,20,29-30H,9-11H2,1-4H3,(H2,25,33)(H,27,31)/t13-,16+,18-,20+/m0/s1. The van der Waals surface area contributed by atoms with Crippen LogP contribution in [0.15, 0.2) is 29.8 Å². The average molecular weight is 505 g/mol. The number of benzene rings is 1. The van der Waals surface area contributed by atoms with E-state index in [0.29, 0.717) is 5.69 Å². The van der Waals surface area contributed by atoms with Gasteiger partial charge >= 0.3 is 6.09 Å². The molecule has 10 nitrogen and oxygen atoms in total. The number of nitrogens with zero attached hydrogens (tertiary/aromatic N) is 2. The number of nitrogens with one attached hydrogen (secondary N) is 1. The maximum Gasteiger partial charge on any atom is 0.405 e. The summed E-state index contributed by atoms with van der Waals surface area (Å²) in [6.45, 7) is 6.81. The van der Waals surface area contributed by atoms with Crippen LogP contribution < -0.4 is 11.1 Å². The maximum atomic E-state index is 13.2. The van der Waals surface area contributed by atoms with Crippen LogP contribution in [0.4, 0.5) is 4.79 Å². The van der Waals surface area contributed by atoms with Crippen molar-refractivity contribution in [2.45, 2.75) is 65.0 Å². The number of thiazole rings is 1. The van der Waals surface area contributed by atoms with Gasteiger partial charge in [0.05, 0.1) is 34.8 Å². The van der Waals surface area contributed by atoms with Crippen molar-refractivity contribution < 1.29 is 29.3 Å². The first-order valence-electron chi connectivity index (χ1n) is 11.3. The summed E-state index contributed by atoms with van der Waals surface area (Å²) in [6, 6.07) is 6.27. The number of nitrogens with two attached hydrogens (primary N) is 1. The van der Waals surface area contributed by atoms with Gasteiger partial charge in [0.15, 0.2) is 6.10 Å². The Morgan fingerprint density at radius 1 is 1.29 bits per heavy atom. The molecule has 5 N–H and O–H groups in total. The number of rotatable bonds is 7. The van der Waals surface area contributed by atoms with Crippen molar-refractivity contribution in [3.8, 4) is 10.4 Å². The topological polar surface area (TPSA) is 155 Å². The fourth-order valence-corrected chi connectivity index (χ4v) is 4.91. The van der Waals surface area contributed by atoms with Gasteiger partial charge in [-0.3, -0.25) is 9.59 Å². The van der Waals surface area contributed by atoms with E-state index in [2.05, 4.69) is 10.3 Å². The van der Waals surface area contributed by atoms with Gasteiger partial charge in [0, 0.05) is 18.4 Å². The molecule has 0 saturated carbocycles. The van der Waals surface area contributed by atoms with Crippen molar-refractivity contribution in [3.05, 3.63) is 41.0 Å². The number of primary amides is 1. The summed E-state index contributed by atoms with van der Waals surface area (Å²) in [5.41, 5.74) is 8.45. The highest BCUT2D eigenvalue weighted by Crippen LogP contribution is 2.30. The number of carbonyl (C=O) groups is 3. The molecule has 1 saturated heterocycles. The molecule has 0 unspecified atom stereocenters. The Morgan fingerprint density at radius 3 is 2.51 bits per heavy atom. The lowest BCUT2D eigenvalue weighted by atomic mass is 9.88. The van der Waals surface area contributed by atoms with Crippen molar-refractivity contribution in [2.75, 3.05) is 6.54 Å². The molecular weight excluding hydrogens is 472 g/mol. The van der Waals surface area contributed by atoms with E-state index < -0.39 is 41.6 Å². The molecule has 2 heterocycles. The number of β-amino-alcohol motifs (C(OH)–C–C–N with tert-alkyl or cyclic N) is 1. The lowest BCUT2D eigenvalue weighted by molar-refractivity contribution is -0.150. The average Bonchev–Trinajstić information content (AvgIpc) is 3.42. The predicted molar refractivity (Wildman–Crippen MR) is 130 cm³/mol. The van der Waals surface area contributed by atoms with Crippen LogP contribution in [-0.4, -0.2) is 62.8 Å². The Bertz CT molecular complexity index is 1060. The van der Waals surface area contributed by atoms with Gasteiger partial charge < -0.3 is 30.9 Å². The second-order valence-corrected chi connectivity index (χ2v) is 10.6. The van der Waals surface area contributed by atoms with Crippen molar-refractivity contribution in [1.29, 1.82) is 0 Å². The summed E-state index contributed by atoms with van der Waals surface area (Å²) in [7, 11) is 0. The van der Waals surface area contributed by atoms with Crippen LogP contribution in [0.1, 0.15) is 51.4 Å². The van der Waals surface area contributed by atoms with Gasteiger partial charge in [0.1, 0.15) is 6.04 Å². The lowest BCUT2D eigenvalue weighted by Crippen LogP contribution is -2.53. The normalized spacial score (nSPS) is 19.8. The Labute approximate surface area is 208 Å². The summed E-state index contributed by atoms with van der Waals surface area (Å²) in [6.07, 6.45) is -3.08. The zero-order valence-corrected chi connectivity index (χ0v) is 21.0. The van der Waals surface area contributed by atoms with Gasteiger partial charge in [-0.2, -0.15) is 0 Å². The van der Waals surface area contributed by atoms with E-state index >= 15 is 0 Å². The highest BCUT2D eigenvalue weighted by atomic mass is 32.1. The smallest absolute Gasteiger partial charge is 0.405 e. The third kappa shape index (κ3) is 6.16. The Hall–Kier alpha value is -3.02. The molecule has 11 heteroatoms. The third-order valence-electron chi connectivity index (χ3n) is 5.93. The largest absolute Gasteiger partial charge is 0.436 e. The number of amides is 3. The monoisotopic (exact) mass is 504 g/mol. The molecule has 0 bridgehead atoms. The summed E-state index contributed by atoms with van der Waals surface area (Å²) in [5.74, 6) is -0.988. The van der Waals surface area contributed by atoms with E-state index in [0.717, 1.165) is 16.0 Å². The predicted octanol–water partition coefficient (Wildman–Crippen LogP) is 1.95. The molecular formula is C24H32N4O6S. The van der Waals surface area contributed by atoms with Gasteiger partial charge in [0.2, 0.25) is 5.91 Å². The first-order chi connectivity index (χ1) is 16.4. The number of hydrogen-bond acceptors (Lipinski definition) is 8. The number of carbonyl (C=O) groups excluding carboxylic acids is 3. The lowest BCUT2D eigenvalue weighted by Gasteiger charge is -2.34. The fourth-order valence-electron chi connectivity index (χ4n) is 4.10. The molecule has 1 aromatic carbocycles. The minimum Gasteiger partial charge on any atom is -0.436 e. The Morgan fingerprint density at radius 2 is 1.94 bits per heavy atom. The van der Waals surface area contributed by atoms with Gasteiger partial charge in [0.25, 0.3) is 5.91 Å². The maximum absolute atomic E-state index is 13.2. The van der Waals surface area contributed by atoms with Crippen LogP contribution >= 0.6 is 11.3 Å². The second kappa shape index (κ2) is 10.7. The highest BCUT2D eigenvalue weighted by Gasteiger charge is 2.45. The molecule has 1 aromatic heterocycles. The Kier molecular flexibility index (Phi) is 8.14. The zero-order valence-electron chi connectivity index (χ0n) is 20.2. The van der Waals surface area contributed by atoms with Crippen molar-refractivity contribution in [1.82, 2.24) is 15.2 Å². The number of aliphatic hydroxyl groups is 2. The van der Waals surface area contributed by atoms with Crippen LogP contribution in [0.3, 0.4) is 0 Å². The number of hydrogen-bond donors (Lipinski definition) is 4. The summed E-state index contributed by atoms with van der Waals surface area (Å²) in [4.78, 5) is 44.0. The molecule has 3 amide bonds. The van der Waals surface area contributed by atoms with Gasteiger partial charge in [-0.05, 0) is 18.1 Å². The van der Waals surface area contributed by atoms with E-state index in [-0.39, 0.29) is 25.6 Å². The van der Waals surface area contributed by atoms with Crippen LogP contribution in [-0.2, 0) is 20.9 Å². The van der Waals surface area contributed by atoms with E-state index in [1.165, 1.54) is 16.2 Å². The number of likely N-dealkylation sites (tertiary alicyclic amines) is 1. The van der Waals surface area contributed by atoms with E-state index in [9.17, 15) is 24.6 Å². The summed E-state index contributed by atoms with van der Waals surface area (Å²) >= 11 is 1.44. The fraction of sp³-hybridized carbons (Fsp3) is 0.500. The number of ether oxygens (including phenoxy) is 1. The SMILES string of the molecule is C[C@H](NC(=O)[C@@H]1C[C@@H](O)CN1C(=O)[C@@H](OC(N)=O)C(C)(C)C)c1ccc(-c2scnc2CO)cc1. The summed E-state index contributed by atoms with van der Waals surface area (Å²) < 4.78 is 5.08. The molecule has 1 aliphatic heterocycles.